The molecular weight excluding hydrogens is 294 g/mol. The third-order valence-corrected chi connectivity index (χ3v) is 4.06. The minimum absolute atomic E-state index is 0.612. The molecule has 0 atom stereocenters. The minimum atomic E-state index is 0.612. The molecule has 0 radical (unpaired) electrons. The van der Waals surface area contributed by atoms with Crippen LogP contribution in [0.15, 0.2) is 47.8 Å². The molecule has 0 saturated carbocycles. The van der Waals surface area contributed by atoms with Crippen LogP contribution in [0.25, 0.3) is 11.3 Å². The van der Waals surface area contributed by atoms with E-state index < -0.39 is 0 Å². The Morgan fingerprint density at radius 3 is 2.77 bits per heavy atom. The average Bonchev–Trinajstić information content (AvgIpc) is 2.95. The number of hydrogen-bond acceptors (Lipinski definition) is 5. The Bertz CT molecular complexity index is 798. The van der Waals surface area contributed by atoms with E-state index >= 15 is 0 Å². The maximum atomic E-state index is 5.95. The number of methoxy groups -OCH3 is 1. The summed E-state index contributed by atoms with van der Waals surface area (Å²) in [6.45, 7) is 2.07. The summed E-state index contributed by atoms with van der Waals surface area (Å²) in [6.07, 6.45) is 0. The predicted octanol–water partition coefficient (Wildman–Crippen LogP) is 4.45. The van der Waals surface area contributed by atoms with Crippen molar-refractivity contribution in [1.29, 1.82) is 0 Å². The normalized spacial score (nSPS) is 10.5. The van der Waals surface area contributed by atoms with Gasteiger partial charge in [-0.1, -0.05) is 12.1 Å². The van der Waals surface area contributed by atoms with Gasteiger partial charge in [-0.2, -0.15) is 0 Å². The van der Waals surface area contributed by atoms with Crippen LogP contribution in [-0.4, -0.2) is 12.1 Å². The molecule has 0 amide bonds. The number of rotatable bonds is 4. The standard InChI is InChI=1S/C17H17N3OS/c1-11-4-3-5-13(8-11)19-17-20-15(10-22-17)12-6-7-16(21-2)14(18)9-12/h3-10H,18H2,1-2H3,(H,19,20). The van der Waals surface area contributed by atoms with Crippen LogP contribution in [0.4, 0.5) is 16.5 Å². The van der Waals surface area contributed by atoms with E-state index in [0.29, 0.717) is 11.4 Å². The molecule has 0 aliphatic rings. The summed E-state index contributed by atoms with van der Waals surface area (Å²) in [5.41, 5.74) is 10.7. The van der Waals surface area contributed by atoms with Crippen molar-refractivity contribution in [2.45, 2.75) is 6.92 Å². The summed E-state index contributed by atoms with van der Waals surface area (Å²) in [7, 11) is 1.61. The average molecular weight is 311 g/mol. The van der Waals surface area contributed by atoms with Gasteiger partial charge >= 0.3 is 0 Å². The van der Waals surface area contributed by atoms with Crippen LogP contribution in [0.2, 0.25) is 0 Å². The molecule has 3 rings (SSSR count). The van der Waals surface area contributed by atoms with Crippen molar-refractivity contribution in [2.24, 2.45) is 0 Å². The number of nitrogens with zero attached hydrogens (tertiary/aromatic N) is 1. The monoisotopic (exact) mass is 311 g/mol. The molecule has 3 N–H and O–H groups in total. The fourth-order valence-electron chi connectivity index (χ4n) is 2.20. The van der Waals surface area contributed by atoms with Gasteiger partial charge < -0.3 is 15.8 Å². The number of nitrogens with two attached hydrogens (primary N) is 1. The molecule has 0 aliphatic heterocycles. The van der Waals surface area contributed by atoms with Crippen LogP contribution in [0, 0.1) is 6.92 Å². The van der Waals surface area contributed by atoms with Crippen molar-refractivity contribution in [3.63, 3.8) is 0 Å². The number of nitrogens with one attached hydrogen (secondary N) is 1. The van der Waals surface area contributed by atoms with Gasteiger partial charge in [-0.15, -0.1) is 11.3 Å². The second kappa shape index (κ2) is 6.07. The zero-order chi connectivity index (χ0) is 15.5. The molecule has 4 nitrogen and oxygen atoms in total. The smallest absolute Gasteiger partial charge is 0.187 e. The first-order valence-corrected chi connectivity index (χ1v) is 7.77. The quantitative estimate of drug-likeness (QED) is 0.699. The topological polar surface area (TPSA) is 60.2 Å². The Balaban J connectivity index is 1.83. The van der Waals surface area contributed by atoms with E-state index in [9.17, 15) is 0 Å². The molecule has 1 aromatic heterocycles. The van der Waals surface area contributed by atoms with Gasteiger partial charge in [0.1, 0.15) is 5.75 Å². The summed E-state index contributed by atoms with van der Waals surface area (Å²) in [5.74, 6) is 0.678. The maximum Gasteiger partial charge on any atom is 0.187 e. The molecule has 0 spiro atoms. The highest BCUT2D eigenvalue weighted by atomic mass is 32.1. The second-order valence-electron chi connectivity index (χ2n) is 4.99. The van der Waals surface area contributed by atoms with Gasteiger partial charge in [-0.3, -0.25) is 0 Å². The Labute approximate surface area is 133 Å². The van der Waals surface area contributed by atoms with E-state index in [-0.39, 0.29) is 0 Å². The lowest BCUT2D eigenvalue weighted by atomic mass is 10.1. The number of aryl methyl sites for hydroxylation is 1. The molecule has 0 unspecified atom stereocenters. The van der Waals surface area contributed by atoms with Crippen molar-refractivity contribution in [1.82, 2.24) is 4.98 Å². The SMILES string of the molecule is COc1ccc(-c2csc(Nc3cccc(C)c3)n2)cc1N. The highest BCUT2D eigenvalue weighted by Gasteiger charge is 2.07. The van der Waals surface area contributed by atoms with Crippen LogP contribution in [0.1, 0.15) is 5.56 Å². The number of ether oxygens (including phenoxy) is 1. The van der Waals surface area contributed by atoms with Crippen molar-refractivity contribution >= 4 is 27.8 Å². The lowest BCUT2D eigenvalue weighted by molar-refractivity contribution is 0.417. The zero-order valence-corrected chi connectivity index (χ0v) is 13.3. The van der Waals surface area contributed by atoms with Gasteiger partial charge in [0.2, 0.25) is 0 Å². The Kier molecular flexibility index (Phi) is 3.98. The number of nitrogen functional groups attached to an aromatic ring is 1. The molecular formula is C17H17N3OS. The zero-order valence-electron chi connectivity index (χ0n) is 12.5. The van der Waals surface area contributed by atoms with Crippen molar-refractivity contribution in [2.75, 3.05) is 18.2 Å². The molecule has 0 saturated heterocycles. The highest BCUT2D eigenvalue weighted by Crippen LogP contribution is 2.31. The highest BCUT2D eigenvalue weighted by molar-refractivity contribution is 7.14. The summed E-state index contributed by atoms with van der Waals surface area (Å²) >= 11 is 1.57. The van der Waals surface area contributed by atoms with Gasteiger partial charge in [0.25, 0.3) is 0 Å². The molecule has 22 heavy (non-hydrogen) atoms. The Hall–Kier alpha value is -2.53. The number of anilines is 3. The van der Waals surface area contributed by atoms with Gasteiger partial charge in [0.05, 0.1) is 18.5 Å². The molecule has 1 heterocycles. The lowest BCUT2D eigenvalue weighted by Gasteiger charge is -2.05. The van der Waals surface area contributed by atoms with Crippen molar-refractivity contribution in [3.05, 3.63) is 53.4 Å². The molecule has 3 aromatic rings. The predicted molar refractivity (Wildman–Crippen MR) is 93.0 cm³/mol. The van der Waals surface area contributed by atoms with Gasteiger partial charge in [0, 0.05) is 16.6 Å². The molecule has 0 aliphatic carbocycles. The van der Waals surface area contributed by atoms with E-state index in [1.165, 1.54) is 5.56 Å². The second-order valence-corrected chi connectivity index (χ2v) is 5.85. The van der Waals surface area contributed by atoms with E-state index in [2.05, 4.69) is 29.4 Å². The van der Waals surface area contributed by atoms with Crippen LogP contribution in [0.3, 0.4) is 0 Å². The Morgan fingerprint density at radius 1 is 1.18 bits per heavy atom. The fourth-order valence-corrected chi connectivity index (χ4v) is 2.94. The Morgan fingerprint density at radius 2 is 2.05 bits per heavy atom. The summed E-state index contributed by atoms with van der Waals surface area (Å²) < 4.78 is 5.18. The first kappa shape index (κ1) is 14.4. The third-order valence-electron chi connectivity index (χ3n) is 3.30. The molecule has 0 fully saturated rings. The van der Waals surface area contributed by atoms with Gasteiger partial charge in [-0.25, -0.2) is 4.98 Å². The van der Waals surface area contributed by atoms with Crippen molar-refractivity contribution in [3.8, 4) is 17.0 Å². The lowest BCUT2D eigenvalue weighted by Crippen LogP contribution is -1.93. The van der Waals surface area contributed by atoms with Crippen molar-refractivity contribution < 1.29 is 4.74 Å². The summed E-state index contributed by atoms with van der Waals surface area (Å²) in [6, 6.07) is 13.9. The largest absolute Gasteiger partial charge is 0.495 e. The van der Waals surface area contributed by atoms with E-state index in [0.717, 1.165) is 22.1 Å². The van der Waals surface area contributed by atoms with Gasteiger partial charge in [0.15, 0.2) is 5.13 Å². The summed E-state index contributed by atoms with van der Waals surface area (Å²) in [4.78, 5) is 4.61. The first-order valence-electron chi connectivity index (χ1n) is 6.89. The van der Waals surface area contributed by atoms with Gasteiger partial charge in [-0.05, 0) is 42.8 Å². The first-order chi connectivity index (χ1) is 10.7. The fraction of sp³-hybridized carbons (Fsp3) is 0.118. The number of aromatic nitrogens is 1. The van der Waals surface area contributed by atoms with Crippen LogP contribution < -0.4 is 15.8 Å². The number of hydrogen-bond donors (Lipinski definition) is 2. The summed E-state index contributed by atoms with van der Waals surface area (Å²) in [5, 5.41) is 6.19. The molecule has 5 heteroatoms. The van der Waals surface area contributed by atoms with Crippen LogP contribution in [0.5, 0.6) is 5.75 Å². The molecule has 2 aromatic carbocycles. The third kappa shape index (κ3) is 3.04. The maximum absolute atomic E-state index is 5.95. The van der Waals surface area contributed by atoms with Crippen LogP contribution in [-0.2, 0) is 0 Å². The number of benzene rings is 2. The molecule has 0 bridgehead atoms. The number of thiazole rings is 1. The van der Waals surface area contributed by atoms with Crippen LogP contribution >= 0.6 is 11.3 Å². The molecule has 112 valence electrons. The van der Waals surface area contributed by atoms with E-state index in [4.69, 9.17) is 10.5 Å². The minimum Gasteiger partial charge on any atom is -0.495 e. The van der Waals surface area contributed by atoms with E-state index in [1.54, 1.807) is 18.4 Å². The van der Waals surface area contributed by atoms with E-state index in [1.807, 2.05) is 35.7 Å².